The van der Waals surface area contributed by atoms with E-state index in [1.807, 2.05) is 63.2 Å². The molecule has 0 radical (unpaired) electrons. The Morgan fingerprint density at radius 2 is 2.04 bits per heavy atom. The molecule has 1 aliphatic rings. The van der Waals surface area contributed by atoms with Crippen molar-refractivity contribution in [3.63, 3.8) is 0 Å². The van der Waals surface area contributed by atoms with E-state index in [1.165, 1.54) is 0 Å². The van der Waals surface area contributed by atoms with Gasteiger partial charge in [0.1, 0.15) is 11.4 Å². The maximum Gasteiger partial charge on any atom is 0.258 e. The first-order chi connectivity index (χ1) is 12.9. The monoisotopic (exact) mass is 369 g/mol. The summed E-state index contributed by atoms with van der Waals surface area (Å²) in [6.45, 7) is 6.03. The number of hydrogen-bond donors (Lipinski definition) is 1. The fourth-order valence-corrected chi connectivity index (χ4v) is 3.36. The topological polar surface area (TPSA) is 56.8 Å². The highest BCUT2D eigenvalue weighted by atomic mass is 16.5. The lowest BCUT2D eigenvalue weighted by Gasteiger charge is -2.18. The van der Waals surface area contributed by atoms with Crippen LogP contribution in [0.15, 0.2) is 42.5 Å². The molecule has 1 atom stereocenters. The molecule has 3 rings (SSSR count). The molecule has 27 heavy (non-hydrogen) atoms. The standard InChI is InChI=1S/C22H27NO4/c1-15(11-16-7-5-9-18(12-16)25-4)23-20(24)14-26-19-10-6-8-17-13-22(2,3)27-21(17)19/h5-10,12,15H,11,13-14H2,1-4H3,(H,23,24). The Hall–Kier alpha value is -2.69. The van der Waals surface area contributed by atoms with Crippen LogP contribution in [-0.2, 0) is 17.6 Å². The Morgan fingerprint density at radius 1 is 1.26 bits per heavy atom. The van der Waals surface area contributed by atoms with Crippen LogP contribution in [0.2, 0.25) is 0 Å². The van der Waals surface area contributed by atoms with Gasteiger partial charge in [-0.3, -0.25) is 4.79 Å². The summed E-state index contributed by atoms with van der Waals surface area (Å²) in [6.07, 6.45) is 1.56. The zero-order chi connectivity index (χ0) is 19.4. The van der Waals surface area contributed by atoms with Gasteiger partial charge < -0.3 is 19.5 Å². The van der Waals surface area contributed by atoms with Crippen molar-refractivity contribution in [2.75, 3.05) is 13.7 Å². The third-order valence-electron chi connectivity index (χ3n) is 4.50. The molecule has 0 aromatic heterocycles. The lowest BCUT2D eigenvalue weighted by Crippen LogP contribution is -2.37. The molecule has 144 valence electrons. The molecular formula is C22H27NO4. The second-order valence-corrected chi connectivity index (χ2v) is 7.60. The van der Waals surface area contributed by atoms with Crippen molar-refractivity contribution >= 4 is 5.91 Å². The first-order valence-corrected chi connectivity index (χ1v) is 9.22. The maximum absolute atomic E-state index is 12.3. The van der Waals surface area contributed by atoms with Crippen molar-refractivity contribution < 1.29 is 19.0 Å². The number of para-hydroxylation sites is 1. The number of fused-ring (bicyclic) bond motifs is 1. The number of nitrogens with one attached hydrogen (secondary N) is 1. The number of methoxy groups -OCH3 is 1. The molecule has 1 heterocycles. The van der Waals surface area contributed by atoms with Gasteiger partial charge >= 0.3 is 0 Å². The van der Waals surface area contributed by atoms with Crippen LogP contribution in [0.4, 0.5) is 0 Å². The number of carbonyl (C=O) groups excluding carboxylic acids is 1. The zero-order valence-corrected chi connectivity index (χ0v) is 16.4. The molecule has 0 aliphatic carbocycles. The van der Waals surface area contributed by atoms with Gasteiger partial charge in [0.25, 0.3) is 5.91 Å². The van der Waals surface area contributed by atoms with E-state index in [0.29, 0.717) is 5.75 Å². The second kappa shape index (κ2) is 7.91. The summed E-state index contributed by atoms with van der Waals surface area (Å²) < 4.78 is 16.9. The van der Waals surface area contributed by atoms with E-state index < -0.39 is 0 Å². The largest absolute Gasteiger partial charge is 0.497 e. The Bertz CT molecular complexity index is 816. The molecule has 1 amide bonds. The summed E-state index contributed by atoms with van der Waals surface area (Å²) in [5.74, 6) is 2.03. The normalized spacial score (nSPS) is 15.4. The van der Waals surface area contributed by atoms with E-state index in [0.717, 1.165) is 35.5 Å². The summed E-state index contributed by atoms with van der Waals surface area (Å²) >= 11 is 0. The van der Waals surface area contributed by atoms with Crippen molar-refractivity contribution in [3.05, 3.63) is 53.6 Å². The molecule has 0 fully saturated rings. The molecule has 2 aromatic rings. The van der Waals surface area contributed by atoms with Crippen LogP contribution < -0.4 is 19.5 Å². The SMILES string of the molecule is COc1cccc(CC(C)NC(=O)COc2cccc3c2OC(C)(C)C3)c1. The number of amides is 1. The molecule has 0 saturated carbocycles. The lowest BCUT2D eigenvalue weighted by molar-refractivity contribution is -0.123. The van der Waals surface area contributed by atoms with Crippen molar-refractivity contribution in [1.29, 1.82) is 0 Å². The van der Waals surface area contributed by atoms with E-state index in [1.54, 1.807) is 7.11 Å². The van der Waals surface area contributed by atoms with Gasteiger partial charge in [-0.05, 0) is 51.0 Å². The molecular weight excluding hydrogens is 342 g/mol. The van der Waals surface area contributed by atoms with Gasteiger partial charge in [0.15, 0.2) is 18.1 Å². The third kappa shape index (κ3) is 4.94. The van der Waals surface area contributed by atoms with Crippen molar-refractivity contribution in [1.82, 2.24) is 5.32 Å². The summed E-state index contributed by atoms with van der Waals surface area (Å²) in [6, 6.07) is 13.7. The van der Waals surface area contributed by atoms with Crippen molar-refractivity contribution in [2.24, 2.45) is 0 Å². The molecule has 5 heteroatoms. The minimum absolute atomic E-state index is 0.00937. The highest BCUT2D eigenvalue weighted by Crippen LogP contribution is 2.41. The predicted octanol–water partition coefficient (Wildman–Crippen LogP) is 3.53. The number of ether oxygens (including phenoxy) is 3. The summed E-state index contributed by atoms with van der Waals surface area (Å²) in [5.41, 5.74) is 1.99. The van der Waals surface area contributed by atoms with E-state index >= 15 is 0 Å². The summed E-state index contributed by atoms with van der Waals surface area (Å²) in [4.78, 5) is 12.3. The van der Waals surface area contributed by atoms with Gasteiger partial charge in [-0.1, -0.05) is 24.3 Å². The van der Waals surface area contributed by atoms with E-state index in [-0.39, 0.29) is 24.2 Å². The van der Waals surface area contributed by atoms with Crippen LogP contribution in [0.5, 0.6) is 17.2 Å². The number of benzene rings is 2. The summed E-state index contributed by atoms with van der Waals surface area (Å²) in [5, 5.41) is 2.97. The smallest absolute Gasteiger partial charge is 0.258 e. The molecule has 0 saturated heterocycles. The molecule has 1 N–H and O–H groups in total. The number of rotatable bonds is 7. The van der Waals surface area contributed by atoms with Crippen LogP contribution in [0.3, 0.4) is 0 Å². The van der Waals surface area contributed by atoms with Gasteiger partial charge in [0.05, 0.1) is 7.11 Å². The predicted molar refractivity (Wildman–Crippen MR) is 105 cm³/mol. The fraction of sp³-hybridized carbons (Fsp3) is 0.409. The number of hydrogen-bond acceptors (Lipinski definition) is 4. The highest BCUT2D eigenvalue weighted by molar-refractivity contribution is 5.78. The minimum atomic E-state index is -0.241. The number of carbonyl (C=O) groups is 1. The Balaban J connectivity index is 1.52. The quantitative estimate of drug-likeness (QED) is 0.811. The van der Waals surface area contributed by atoms with Crippen LogP contribution in [0, 0.1) is 0 Å². The first-order valence-electron chi connectivity index (χ1n) is 9.22. The molecule has 2 aromatic carbocycles. The van der Waals surface area contributed by atoms with Crippen molar-refractivity contribution in [2.45, 2.75) is 45.3 Å². The van der Waals surface area contributed by atoms with Crippen LogP contribution in [0.1, 0.15) is 31.9 Å². The molecule has 0 spiro atoms. The molecule has 0 bridgehead atoms. The lowest BCUT2D eigenvalue weighted by atomic mass is 10.0. The average molecular weight is 369 g/mol. The van der Waals surface area contributed by atoms with Crippen LogP contribution in [0.25, 0.3) is 0 Å². The maximum atomic E-state index is 12.3. The van der Waals surface area contributed by atoms with Crippen molar-refractivity contribution in [3.8, 4) is 17.2 Å². The molecule has 1 aliphatic heterocycles. The molecule has 5 nitrogen and oxygen atoms in total. The van der Waals surface area contributed by atoms with Gasteiger partial charge in [0.2, 0.25) is 0 Å². The van der Waals surface area contributed by atoms with E-state index in [2.05, 4.69) is 5.32 Å². The second-order valence-electron chi connectivity index (χ2n) is 7.60. The van der Waals surface area contributed by atoms with Crippen LogP contribution in [-0.4, -0.2) is 31.3 Å². The first kappa shape index (κ1) is 19.1. The Labute approximate surface area is 160 Å². The van der Waals surface area contributed by atoms with Gasteiger partial charge in [0, 0.05) is 18.0 Å². The highest BCUT2D eigenvalue weighted by Gasteiger charge is 2.32. The van der Waals surface area contributed by atoms with E-state index in [9.17, 15) is 4.79 Å². The van der Waals surface area contributed by atoms with Crippen LogP contribution >= 0.6 is 0 Å². The zero-order valence-electron chi connectivity index (χ0n) is 16.4. The third-order valence-corrected chi connectivity index (χ3v) is 4.50. The molecule has 1 unspecified atom stereocenters. The summed E-state index contributed by atoms with van der Waals surface area (Å²) in [7, 11) is 1.65. The van der Waals surface area contributed by atoms with E-state index in [4.69, 9.17) is 14.2 Å². The fourth-order valence-electron chi connectivity index (χ4n) is 3.36. The Kier molecular flexibility index (Phi) is 5.59. The minimum Gasteiger partial charge on any atom is -0.497 e. The average Bonchev–Trinajstić information content (AvgIpc) is 2.94. The Morgan fingerprint density at radius 3 is 2.81 bits per heavy atom. The van der Waals surface area contributed by atoms with Gasteiger partial charge in [-0.15, -0.1) is 0 Å². The van der Waals surface area contributed by atoms with Gasteiger partial charge in [-0.2, -0.15) is 0 Å². The van der Waals surface area contributed by atoms with Gasteiger partial charge in [-0.25, -0.2) is 0 Å².